The molecule has 0 unspecified atom stereocenters. The van der Waals surface area contributed by atoms with Gasteiger partial charge in [-0.15, -0.1) is 0 Å². The SMILES string of the molecule is O=C1C=CC(=CN(O)c2cccc(O)c2)C=C1. The Labute approximate surface area is 98.4 Å². The van der Waals surface area contributed by atoms with Crippen LogP contribution in [0.15, 0.2) is 60.3 Å². The predicted octanol–water partition coefficient (Wildman–Crippen LogP) is 2.17. The van der Waals surface area contributed by atoms with Crippen LogP contribution in [0.25, 0.3) is 0 Å². The van der Waals surface area contributed by atoms with Crippen molar-refractivity contribution in [2.75, 3.05) is 5.06 Å². The lowest BCUT2D eigenvalue weighted by molar-refractivity contribution is -0.110. The van der Waals surface area contributed by atoms with Gasteiger partial charge in [-0.1, -0.05) is 6.07 Å². The second-order valence-electron chi connectivity index (χ2n) is 3.56. The van der Waals surface area contributed by atoms with E-state index in [0.29, 0.717) is 11.3 Å². The first-order chi connectivity index (χ1) is 8.15. The monoisotopic (exact) mass is 229 g/mol. The summed E-state index contributed by atoms with van der Waals surface area (Å²) in [5.74, 6) is -0.00569. The number of ketones is 1. The van der Waals surface area contributed by atoms with Crippen molar-refractivity contribution in [3.05, 3.63) is 60.3 Å². The zero-order valence-corrected chi connectivity index (χ0v) is 8.95. The molecule has 0 amide bonds. The largest absolute Gasteiger partial charge is 0.508 e. The number of benzene rings is 1. The van der Waals surface area contributed by atoms with Crippen LogP contribution in [0.4, 0.5) is 5.69 Å². The molecule has 0 fully saturated rings. The first-order valence-electron chi connectivity index (χ1n) is 5.04. The normalized spacial score (nSPS) is 13.9. The van der Waals surface area contributed by atoms with E-state index in [1.54, 1.807) is 24.3 Å². The minimum Gasteiger partial charge on any atom is -0.508 e. The molecule has 1 aliphatic carbocycles. The number of hydrogen-bond donors (Lipinski definition) is 2. The highest BCUT2D eigenvalue weighted by Crippen LogP contribution is 2.20. The van der Waals surface area contributed by atoms with Gasteiger partial charge in [0.1, 0.15) is 5.75 Å². The number of aromatic hydroxyl groups is 1. The molecule has 0 heterocycles. The van der Waals surface area contributed by atoms with Crippen LogP contribution >= 0.6 is 0 Å². The van der Waals surface area contributed by atoms with Crippen LogP contribution in [0, 0.1) is 0 Å². The average Bonchev–Trinajstić information content (AvgIpc) is 2.32. The summed E-state index contributed by atoms with van der Waals surface area (Å²) in [6.45, 7) is 0. The van der Waals surface area contributed by atoms with Gasteiger partial charge in [0.05, 0.1) is 5.69 Å². The Morgan fingerprint density at radius 3 is 2.47 bits per heavy atom. The fourth-order valence-electron chi connectivity index (χ4n) is 1.41. The van der Waals surface area contributed by atoms with Crippen LogP contribution in [0.2, 0.25) is 0 Å². The van der Waals surface area contributed by atoms with Crippen molar-refractivity contribution in [2.45, 2.75) is 0 Å². The van der Waals surface area contributed by atoms with Crippen LogP contribution in [0.1, 0.15) is 0 Å². The standard InChI is InChI=1S/C13H11NO3/c15-12-6-4-10(5-7-12)9-14(17)11-2-1-3-13(16)8-11/h1-9,16-17H. The number of phenolic OH excluding ortho intramolecular Hbond substituents is 1. The van der Waals surface area contributed by atoms with Gasteiger partial charge in [-0.3, -0.25) is 10.0 Å². The zero-order valence-electron chi connectivity index (χ0n) is 8.95. The van der Waals surface area contributed by atoms with Gasteiger partial charge < -0.3 is 5.11 Å². The molecule has 0 atom stereocenters. The molecule has 0 spiro atoms. The summed E-state index contributed by atoms with van der Waals surface area (Å²) >= 11 is 0. The van der Waals surface area contributed by atoms with E-state index < -0.39 is 0 Å². The maximum atomic E-state index is 10.9. The molecule has 2 N–H and O–H groups in total. The summed E-state index contributed by atoms with van der Waals surface area (Å²) in [5, 5.41) is 19.9. The Bertz CT molecular complexity index is 511. The minimum absolute atomic E-state index is 0.0739. The topological polar surface area (TPSA) is 60.8 Å². The van der Waals surface area contributed by atoms with Gasteiger partial charge >= 0.3 is 0 Å². The molecule has 0 aromatic heterocycles. The Balaban J connectivity index is 2.19. The lowest BCUT2D eigenvalue weighted by atomic mass is 10.1. The molecule has 4 heteroatoms. The molecule has 0 saturated heterocycles. The van der Waals surface area contributed by atoms with E-state index in [2.05, 4.69) is 0 Å². The predicted molar refractivity (Wildman–Crippen MR) is 63.7 cm³/mol. The average molecular weight is 229 g/mol. The summed E-state index contributed by atoms with van der Waals surface area (Å²) in [4.78, 5) is 10.9. The molecule has 17 heavy (non-hydrogen) atoms. The molecule has 1 aliphatic rings. The molecule has 1 aromatic carbocycles. The lowest BCUT2D eigenvalue weighted by Crippen LogP contribution is -2.10. The van der Waals surface area contributed by atoms with Gasteiger partial charge in [0.15, 0.2) is 5.78 Å². The third kappa shape index (κ3) is 2.83. The second-order valence-corrected chi connectivity index (χ2v) is 3.56. The maximum absolute atomic E-state index is 10.9. The summed E-state index contributed by atoms with van der Waals surface area (Å²) in [6, 6.07) is 6.22. The molecule has 0 aliphatic heterocycles. The molecule has 86 valence electrons. The molecular formula is C13H11NO3. The highest BCUT2D eigenvalue weighted by molar-refractivity contribution is 6.01. The molecule has 0 radical (unpaired) electrons. The van der Waals surface area contributed by atoms with Crippen molar-refractivity contribution >= 4 is 11.5 Å². The molecule has 1 aromatic rings. The second kappa shape index (κ2) is 4.67. The first-order valence-corrected chi connectivity index (χ1v) is 5.04. The van der Waals surface area contributed by atoms with Gasteiger partial charge in [-0.05, 0) is 42.0 Å². The molecule has 0 bridgehead atoms. The van der Waals surface area contributed by atoms with Crippen LogP contribution in [0.5, 0.6) is 5.75 Å². The Morgan fingerprint density at radius 2 is 1.82 bits per heavy atom. The number of nitrogens with zero attached hydrogens (tertiary/aromatic N) is 1. The number of allylic oxidation sites excluding steroid dienone is 5. The third-order valence-electron chi connectivity index (χ3n) is 2.25. The van der Waals surface area contributed by atoms with E-state index in [9.17, 15) is 15.1 Å². The quantitative estimate of drug-likeness (QED) is 0.763. The van der Waals surface area contributed by atoms with Crippen molar-refractivity contribution in [1.82, 2.24) is 0 Å². The summed E-state index contributed by atoms with van der Waals surface area (Å²) in [6.07, 6.45) is 7.50. The van der Waals surface area contributed by atoms with Gasteiger partial charge in [-0.2, -0.15) is 0 Å². The van der Waals surface area contributed by atoms with Crippen molar-refractivity contribution < 1.29 is 15.1 Å². The van der Waals surface area contributed by atoms with Gasteiger partial charge in [0, 0.05) is 12.3 Å². The summed E-state index contributed by atoms with van der Waals surface area (Å²) < 4.78 is 0. The number of carbonyl (C=O) groups excluding carboxylic acids is 1. The number of anilines is 1. The van der Waals surface area contributed by atoms with Crippen LogP contribution < -0.4 is 5.06 Å². The van der Waals surface area contributed by atoms with E-state index in [4.69, 9.17) is 0 Å². The Morgan fingerprint density at radius 1 is 1.12 bits per heavy atom. The van der Waals surface area contributed by atoms with E-state index in [1.165, 1.54) is 30.5 Å². The van der Waals surface area contributed by atoms with Crippen molar-refractivity contribution in [3.8, 4) is 5.75 Å². The Kier molecular flexibility index (Phi) is 3.07. The highest BCUT2D eigenvalue weighted by atomic mass is 16.5. The number of hydroxylamine groups is 1. The first kappa shape index (κ1) is 11.2. The number of phenols is 1. The summed E-state index contributed by atoms with van der Waals surface area (Å²) in [7, 11) is 0. The minimum atomic E-state index is -0.0796. The lowest BCUT2D eigenvalue weighted by Gasteiger charge is -2.13. The van der Waals surface area contributed by atoms with Crippen LogP contribution in [0.3, 0.4) is 0 Å². The van der Waals surface area contributed by atoms with Crippen molar-refractivity contribution in [2.24, 2.45) is 0 Å². The van der Waals surface area contributed by atoms with Crippen LogP contribution in [-0.2, 0) is 4.79 Å². The van der Waals surface area contributed by atoms with E-state index >= 15 is 0 Å². The maximum Gasteiger partial charge on any atom is 0.178 e. The number of hydrogen-bond acceptors (Lipinski definition) is 4. The molecular weight excluding hydrogens is 218 g/mol. The smallest absolute Gasteiger partial charge is 0.178 e. The van der Waals surface area contributed by atoms with Crippen molar-refractivity contribution in [3.63, 3.8) is 0 Å². The number of rotatable bonds is 2. The van der Waals surface area contributed by atoms with Gasteiger partial charge in [0.2, 0.25) is 0 Å². The van der Waals surface area contributed by atoms with Gasteiger partial charge in [-0.25, -0.2) is 5.06 Å². The number of carbonyl (C=O) groups is 1. The third-order valence-corrected chi connectivity index (χ3v) is 2.25. The fourth-order valence-corrected chi connectivity index (χ4v) is 1.41. The summed E-state index contributed by atoms with van der Waals surface area (Å²) in [5.41, 5.74) is 1.13. The Hall–Kier alpha value is -2.33. The zero-order chi connectivity index (χ0) is 12.3. The van der Waals surface area contributed by atoms with Crippen molar-refractivity contribution in [1.29, 1.82) is 0 Å². The molecule has 4 nitrogen and oxygen atoms in total. The van der Waals surface area contributed by atoms with Gasteiger partial charge in [0.25, 0.3) is 0 Å². The van der Waals surface area contributed by atoms with Crippen LogP contribution in [-0.4, -0.2) is 16.1 Å². The molecule has 0 saturated carbocycles. The van der Waals surface area contributed by atoms with E-state index in [1.807, 2.05) is 0 Å². The molecule has 2 rings (SSSR count). The fraction of sp³-hybridized carbons (Fsp3) is 0. The van der Waals surface area contributed by atoms with E-state index in [-0.39, 0.29) is 11.5 Å². The highest BCUT2D eigenvalue weighted by Gasteiger charge is 2.03. The van der Waals surface area contributed by atoms with E-state index in [0.717, 1.165) is 5.06 Å².